The number of nitrogens with zero attached hydrogens (tertiary/aromatic N) is 1. The predicted molar refractivity (Wildman–Crippen MR) is 125 cm³/mol. The molecular formula is C26H25F3N2O4. The number of anilines is 1. The Morgan fingerprint density at radius 2 is 1.71 bits per heavy atom. The van der Waals surface area contributed by atoms with Crippen LogP contribution in [-0.4, -0.2) is 38.3 Å². The zero-order valence-electron chi connectivity index (χ0n) is 19.3. The summed E-state index contributed by atoms with van der Waals surface area (Å²) in [5, 5.41) is 2.88. The number of nitrogens with one attached hydrogen (secondary N) is 1. The Labute approximate surface area is 201 Å². The maximum absolute atomic E-state index is 13.2. The van der Waals surface area contributed by atoms with Crippen LogP contribution in [0.1, 0.15) is 22.7 Å². The average molecular weight is 486 g/mol. The second kappa shape index (κ2) is 10.2. The van der Waals surface area contributed by atoms with Crippen LogP contribution in [0.4, 0.5) is 23.7 Å². The second-order valence-corrected chi connectivity index (χ2v) is 8.00. The van der Waals surface area contributed by atoms with E-state index in [9.17, 15) is 18.0 Å². The molecule has 0 bridgehead atoms. The Hall–Kier alpha value is -3.88. The van der Waals surface area contributed by atoms with Gasteiger partial charge in [-0.2, -0.15) is 13.2 Å². The standard InChI is InChI=1S/C26H25F3N2O4/c1-33-23-13-17-11-12-31(25(32)30-19-8-4-3-5-9-19)22(21(17)15-24(23)34-2)16-35-20-10-6-7-18(14-20)26(27,28)29/h3-10,13-15,22H,11-12,16H2,1-2H3,(H,30,32). The summed E-state index contributed by atoms with van der Waals surface area (Å²) in [6.07, 6.45) is -3.92. The number of urea groups is 1. The molecule has 1 heterocycles. The first kappa shape index (κ1) is 24.3. The Balaban J connectivity index is 1.65. The largest absolute Gasteiger partial charge is 0.493 e. The number of amides is 2. The van der Waals surface area contributed by atoms with E-state index in [0.717, 1.165) is 23.3 Å². The molecule has 0 saturated heterocycles. The van der Waals surface area contributed by atoms with E-state index >= 15 is 0 Å². The molecule has 1 aliphatic heterocycles. The molecule has 0 radical (unpaired) electrons. The number of hydrogen-bond donors (Lipinski definition) is 1. The molecule has 1 unspecified atom stereocenters. The first-order valence-electron chi connectivity index (χ1n) is 11.0. The summed E-state index contributed by atoms with van der Waals surface area (Å²) in [6.45, 7) is 0.337. The van der Waals surface area contributed by atoms with Gasteiger partial charge in [-0.25, -0.2) is 4.79 Å². The molecule has 9 heteroatoms. The fourth-order valence-electron chi connectivity index (χ4n) is 4.11. The smallest absolute Gasteiger partial charge is 0.416 e. The van der Waals surface area contributed by atoms with Crippen LogP contribution in [0.2, 0.25) is 0 Å². The Morgan fingerprint density at radius 1 is 1.00 bits per heavy atom. The number of rotatable bonds is 6. The van der Waals surface area contributed by atoms with Crippen molar-refractivity contribution in [3.63, 3.8) is 0 Å². The SMILES string of the molecule is COc1cc2c(cc1OC)C(COc1cccc(C(F)(F)F)c1)N(C(=O)Nc1ccccc1)CC2. The minimum Gasteiger partial charge on any atom is -0.493 e. The van der Waals surface area contributed by atoms with Gasteiger partial charge in [0.25, 0.3) is 0 Å². The minimum atomic E-state index is -4.48. The summed E-state index contributed by atoms with van der Waals surface area (Å²) < 4.78 is 56.1. The maximum atomic E-state index is 13.2. The third-order valence-corrected chi connectivity index (χ3v) is 5.86. The van der Waals surface area contributed by atoms with Crippen LogP contribution in [0, 0.1) is 0 Å². The lowest BCUT2D eigenvalue weighted by Gasteiger charge is -2.37. The Kier molecular flexibility index (Phi) is 7.04. The molecule has 0 fully saturated rings. The van der Waals surface area contributed by atoms with Crippen LogP contribution < -0.4 is 19.5 Å². The van der Waals surface area contributed by atoms with Crippen molar-refractivity contribution < 1.29 is 32.2 Å². The minimum absolute atomic E-state index is 0.0496. The molecule has 0 spiro atoms. The number of hydrogen-bond acceptors (Lipinski definition) is 4. The summed E-state index contributed by atoms with van der Waals surface area (Å²) in [5.41, 5.74) is 1.56. The number of para-hydroxylation sites is 1. The number of carbonyl (C=O) groups is 1. The van der Waals surface area contributed by atoms with Crippen molar-refractivity contribution in [1.29, 1.82) is 0 Å². The quantitative estimate of drug-likeness (QED) is 0.469. The number of alkyl halides is 3. The fraction of sp³-hybridized carbons (Fsp3) is 0.269. The van der Waals surface area contributed by atoms with Gasteiger partial charge in [-0.3, -0.25) is 0 Å². The first-order chi connectivity index (χ1) is 16.8. The van der Waals surface area contributed by atoms with E-state index in [1.807, 2.05) is 24.3 Å². The van der Waals surface area contributed by atoms with Crippen LogP contribution in [0.15, 0.2) is 66.7 Å². The first-order valence-corrected chi connectivity index (χ1v) is 11.0. The number of fused-ring (bicyclic) bond motifs is 1. The van der Waals surface area contributed by atoms with Crippen molar-refractivity contribution in [2.24, 2.45) is 0 Å². The molecule has 0 aliphatic carbocycles. The molecule has 6 nitrogen and oxygen atoms in total. The lowest BCUT2D eigenvalue weighted by atomic mass is 9.92. The molecule has 2 amide bonds. The highest BCUT2D eigenvalue weighted by molar-refractivity contribution is 5.89. The van der Waals surface area contributed by atoms with Crippen molar-refractivity contribution in [2.45, 2.75) is 18.6 Å². The third kappa shape index (κ3) is 5.45. The highest BCUT2D eigenvalue weighted by Gasteiger charge is 2.34. The fourth-order valence-corrected chi connectivity index (χ4v) is 4.11. The van der Waals surface area contributed by atoms with Gasteiger partial charge in [-0.05, 0) is 60.0 Å². The van der Waals surface area contributed by atoms with Crippen LogP contribution in [-0.2, 0) is 12.6 Å². The van der Waals surface area contributed by atoms with E-state index < -0.39 is 17.8 Å². The molecule has 0 aromatic heterocycles. The molecule has 3 aromatic carbocycles. The summed E-state index contributed by atoms with van der Waals surface area (Å²) in [4.78, 5) is 14.8. The predicted octanol–water partition coefficient (Wildman–Crippen LogP) is 5.93. The van der Waals surface area contributed by atoms with Gasteiger partial charge in [0.2, 0.25) is 0 Å². The number of halogens is 3. The molecule has 35 heavy (non-hydrogen) atoms. The average Bonchev–Trinajstić information content (AvgIpc) is 2.86. The van der Waals surface area contributed by atoms with Crippen molar-refractivity contribution >= 4 is 11.7 Å². The van der Waals surface area contributed by atoms with Crippen LogP contribution in [0.25, 0.3) is 0 Å². The van der Waals surface area contributed by atoms with E-state index in [-0.39, 0.29) is 18.4 Å². The van der Waals surface area contributed by atoms with E-state index in [0.29, 0.717) is 30.2 Å². The maximum Gasteiger partial charge on any atom is 0.416 e. The van der Waals surface area contributed by atoms with Crippen molar-refractivity contribution in [1.82, 2.24) is 4.90 Å². The van der Waals surface area contributed by atoms with Gasteiger partial charge in [-0.1, -0.05) is 24.3 Å². The van der Waals surface area contributed by atoms with Gasteiger partial charge in [0.05, 0.1) is 25.8 Å². The zero-order valence-corrected chi connectivity index (χ0v) is 19.3. The zero-order chi connectivity index (χ0) is 25.0. The summed E-state index contributed by atoms with van der Waals surface area (Å²) in [5.74, 6) is 1.11. The Morgan fingerprint density at radius 3 is 2.40 bits per heavy atom. The van der Waals surface area contributed by atoms with E-state index in [1.54, 1.807) is 30.2 Å². The summed E-state index contributed by atoms with van der Waals surface area (Å²) >= 11 is 0. The molecule has 1 N–H and O–H groups in total. The van der Waals surface area contributed by atoms with Gasteiger partial charge < -0.3 is 24.4 Å². The number of methoxy groups -OCH3 is 2. The van der Waals surface area contributed by atoms with Crippen molar-refractivity contribution in [3.05, 3.63) is 83.4 Å². The highest BCUT2D eigenvalue weighted by atomic mass is 19.4. The lowest BCUT2D eigenvalue weighted by Crippen LogP contribution is -2.44. The number of carbonyl (C=O) groups excluding carboxylic acids is 1. The second-order valence-electron chi connectivity index (χ2n) is 8.00. The molecule has 3 aromatic rings. The van der Waals surface area contributed by atoms with Crippen molar-refractivity contribution in [3.8, 4) is 17.2 Å². The van der Waals surface area contributed by atoms with Gasteiger partial charge in [0, 0.05) is 12.2 Å². The molecule has 184 valence electrons. The van der Waals surface area contributed by atoms with Crippen LogP contribution >= 0.6 is 0 Å². The molecule has 1 aliphatic rings. The number of benzene rings is 3. The van der Waals surface area contributed by atoms with E-state index in [4.69, 9.17) is 14.2 Å². The summed E-state index contributed by atoms with van der Waals surface area (Å²) in [7, 11) is 3.06. The van der Waals surface area contributed by atoms with Gasteiger partial charge >= 0.3 is 12.2 Å². The molecule has 0 saturated carbocycles. The molecule has 4 rings (SSSR count). The van der Waals surface area contributed by atoms with E-state index in [2.05, 4.69) is 5.32 Å². The number of ether oxygens (including phenoxy) is 3. The van der Waals surface area contributed by atoms with E-state index in [1.165, 1.54) is 19.2 Å². The Bertz CT molecular complexity index is 1180. The lowest BCUT2D eigenvalue weighted by molar-refractivity contribution is -0.137. The third-order valence-electron chi connectivity index (χ3n) is 5.86. The topological polar surface area (TPSA) is 60.0 Å². The normalized spacial score (nSPS) is 15.2. The van der Waals surface area contributed by atoms with Crippen LogP contribution in [0.3, 0.4) is 0 Å². The van der Waals surface area contributed by atoms with Gasteiger partial charge in [-0.15, -0.1) is 0 Å². The monoisotopic (exact) mass is 486 g/mol. The van der Waals surface area contributed by atoms with Crippen LogP contribution in [0.5, 0.6) is 17.2 Å². The molecule has 1 atom stereocenters. The summed E-state index contributed by atoms with van der Waals surface area (Å²) in [6, 6.07) is 16.4. The molecular weight excluding hydrogens is 461 g/mol. The highest BCUT2D eigenvalue weighted by Crippen LogP contribution is 2.39. The van der Waals surface area contributed by atoms with Crippen molar-refractivity contribution in [2.75, 3.05) is 32.7 Å². The van der Waals surface area contributed by atoms with Gasteiger partial charge in [0.1, 0.15) is 12.4 Å². The van der Waals surface area contributed by atoms with Gasteiger partial charge in [0.15, 0.2) is 11.5 Å².